The van der Waals surface area contributed by atoms with Gasteiger partial charge < -0.3 is 14.2 Å². The van der Waals surface area contributed by atoms with Crippen molar-refractivity contribution in [1.29, 1.82) is 0 Å². The molecule has 1 amide bonds. The molecule has 1 saturated heterocycles. The van der Waals surface area contributed by atoms with Gasteiger partial charge in [0.2, 0.25) is 11.7 Å². The Bertz CT molecular complexity index is 1040. The highest BCUT2D eigenvalue weighted by molar-refractivity contribution is 5.89. The van der Waals surface area contributed by atoms with Crippen LogP contribution in [0.2, 0.25) is 0 Å². The average molecular weight is 450 g/mol. The molecule has 7 rings (SSSR count). The van der Waals surface area contributed by atoms with Gasteiger partial charge in [-0.05, 0) is 81.6 Å². The van der Waals surface area contributed by atoms with Gasteiger partial charge in [0.15, 0.2) is 6.61 Å². The molecule has 0 unspecified atom stereocenters. The number of hydrogen-bond acceptors (Lipinski definition) is 6. The van der Waals surface area contributed by atoms with Crippen molar-refractivity contribution in [3.05, 3.63) is 35.7 Å². The van der Waals surface area contributed by atoms with Gasteiger partial charge >= 0.3 is 5.97 Å². The molecule has 0 radical (unpaired) electrons. The van der Waals surface area contributed by atoms with E-state index >= 15 is 0 Å². The van der Waals surface area contributed by atoms with Crippen molar-refractivity contribution in [1.82, 2.24) is 15.0 Å². The minimum atomic E-state index is -0.496. The summed E-state index contributed by atoms with van der Waals surface area (Å²) >= 11 is 0. The molecule has 7 heteroatoms. The fraction of sp³-hybridized carbons (Fsp3) is 0.615. The van der Waals surface area contributed by atoms with Crippen LogP contribution in [0.3, 0.4) is 0 Å². The molecule has 5 aliphatic rings. The van der Waals surface area contributed by atoms with Crippen molar-refractivity contribution in [2.45, 2.75) is 70.9 Å². The molecule has 1 atom stereocenters. The number of rotatable bonds is 5. The third-order valence-electron chi connectivity index (χ3n) is 8.47. The van der Waals surface area contributed by atoms with Crippen LogP contribution in [0, 0.1) is 30.1 Å². The highest BCUT2D eigenvalue weighted by atomic mass is 16.6. The first-order chi connectivity index (χ1) is 16.0. The zero-order valence-electron chi connectivity index (χ0n) is 19.2. The summed E-state index contributed by atoms with van der Waals surface area (Å²) in [5, 5.41) is 4.03. The number of amides is 1. The molecule has 1 aromatic carbocycles. The summed E-state index contributed by atoms with van der Waals surface area (Å²) in [6.45, 7) is 2.56. The Kier molecular flexibility index (Phi) is 5.03. The number of likely N-dealkylation sites (tertiary alicyclic amines) is 1. The molecular formula is C26H31N3O4. The van der Waals surface area contributed by atoms with Gasteiger partial charge in [0.1, 0.15) is 6.04 Å². The summed E-state index contributed by atoms with van der Waals surface area (Å²) in [5.41, 5.74) is 1.71. The van der Waals surface area contributed by atoms with E-state index in [1.165, 1.54) is 19.3 Å². The molecule has 7 nitrogen and oxygen atoms in total. The first kappa shape index (κ1) is 20.9. The molecule has 5 fully saturated rings. The number of carbonyl (C=O) groups is 2. The van der Waals surface area contributed by atoms with Gasteiger partial charge in [-0.1, -0.05) is 29.4 Å². The van der Waals surface area contributed by atoms with E-state index in [0.717, 1.165) is 36.8 Å². The Balaban J connectivity index is 1.12. The smallest absolute Gasteiger partial charge is 0.329 e. The van der Waals surface area contributed by atoms with E-state index < -0.39 is 6.04 Å². The monoisotopic (exact) mass is 449 g/mol. The predicted molar refractivity (Wildman–Crippen MR) is 120 cm³/mol. The lowest BCUT2D eigenvalue weighted by molar-refractivity contribution is -0.166. The molecule has 4 saturated carbocycles. The van der Waals surface area contributed by atoms with E-state index in [9.17, 15) is 9.59 Å². The van der Waals surface area contributed by atoms with Crippen LogP contribution in [0.25, 0.3) is 11.4 Å². The standard InChI is InChI=1S/C26H31N3O4/c1-16-5-2-3-6-20(16)23-27-22(33-28-23)15-32-24(30)21-7-4-8-29(21)25(31)26-12-17-9-18(13-26)11-19(10-17)14-26/h2-3,5-6,17-19,21H,4,7-15H2,1H3/t17?,18?,19?,21-,26?/m1/s1. The van der Waals surface area contributed by atoms with Crippen LogP contribution in [-0.4, -0.2) is 39.5 Å². The van der Waals surface area contributed by atoms with Crippen LogP contribution in [-0.2, 0) is 20.9 Å². The maximum absolute atomic E-state index is 13.8. The van der Waals surface area contributed by atoms with E-state index in [4.69, 9.17) is 9.26 Å². The maximum Gasteiger partial charge on any atom is 0.329 e. The van der Waals surface area contributed by atoms with E-state index in [1.54, 1.807) is 0 Å². The van der Waals surface area contributed by atoms with Crippen molar-refractivity contribution in [3.63, 3.8) is 0 Å². The summed E-state index contributed by atoms with van der Waals surface area (Å²) in [5.74, 6) is 2.70. The molecule has 2 heterocycles. The van der Waals surface area contributed by atoms with E-state index in [1.807, 2.05) is 36.1 Å². The number of carbonyl (C=O) groups excluding carboxylic acids is 2. The van der Waals surface area contributed by atoms with Crippen molar-refractivity contribution in [2.75, 3.05) is 6.54 Å². The minimum absolute atomic E-state index is 0.0758. The van der Waals surface area contributed by atoms with Crippen LogP contribution in [0.15, 0.2) is 28.8 Å². The predicted octanol–water partition coefficient (Wildman–Crippen LogP) is 4.30. The molecule has 2 aromatic rings. The zero-order chi connectivity index (χ0) is 22.6. The van der Waals surface area contributed by atoms with Crippen LogP contribution in [0.5, 0.6) is 0 Å². The van der Waals surface area contributed by atoms with Gasteiger partial charge in [0.05, 0.1) is 5.41 Å². The maximum atomic E-state index is 13.8. The second kappa shape index (κ2) is 7.96. The number of hydrogen-bond donors (Lipinski definition) is 0. The van der Waals surface area contributed by atoms with Crippen molar-refractivity contribution in [3.8, 4) is 11.4 Å². The third-order valence-corrected chi connectivity index (χ3v) is 8.47. The molecule has 0 N–H and O–H groups in total. The Hall–Kier alpha value is -2.70. The quantitative estimate of drug-likeness (QED) is 0.633. The Morgan fingerprint density at radius 2 is 1.82 bits per heavy atom. The summed E-state index contributed by atoms with van der Waals surface area (Å²) in [4.78, 5) is 33.0. The lowest BCUT2D eigenvalue weighted by Gasteiger charge is -2.56. The zero-order valence-corrected chi connectivity index (χ0v) is 19.2. The van der Waals surface area contributed by atoms with E-state index in [0.29, 0.717) is 36.5 Å². The molecule has 174 valence electrons. The van der Waals surface area contributed by atoms with Gasteiger partial charge in [-0.3, -0.25) is 4.79 Å². The number of nitrogens with zero attached hydrogens (tertiary/aromatic N) is 3. The van der Waals surface area contributed by atoms with Crippen molar-refractivity contribution < 1.29 is 18.8 Å². The second-order valence-electron chi connectivity index (χ2n) is 10.8. The number of ether oxygens (including phenoxy) is 1. The van der Waals surface area contributed by atoms with Gasteiger partial charge in [-0.2, -0.15) is 4.98 Å². The second-order valence-corrected chi connectivity index (χ2v) is 10.8. The molecule has 4 bridgehead atoms. The van der Waals surface area contributed by atoms with Crippen LogP contribution >= 0.6 is 0 Å². The van der Waals surface area contributed by atoms with Crippen molar-refractivity contribution >= 4 is 11.9 Å². The lowest BCUT2D eigenvalue weighted by Crippen LogP contribution is -2.56. The van der Waals surface area contributed by atoms with Gasteiger partial charge in [0, 0.05) is 12.1 Å². The summed E-state index contributed by atoms with van der Waals surface area (Å²) in [7, 11) is 0. The van der Waals surface area contributed by atoms with E-state index in [2.05, 4.69) is 10.1 Å². The van der Waals surface area contributed by atoms with Crippen LogP contribution < -0.4 is 0 Å². The largest absolute Gasteiger partial charge is 0.454 e. The Morgan fingerprint density at radius 3 is 2.52 bits per heavy atom. The molecule has 0 spiro atoms. The Morgan fingerprint density at radius 1 is 1.12 bits per heavy atom. The first-order valence-electron chi connectivity index (χ1n) is 12.4. The first-order valence-corrected chi connectivity index (χ1v) is 12.4. The topological polar surface area (TPSA) is 85.5 Å². The number of aromatic nitrogens is 2. The van der Waals surface area contributed by atoms with Crippen LogP contribution in [0.1, 0.15) is 62.8 Å². The van der Waals surface area contributed by atoms with Gasteiger partial charge in [-0.15, -0.1) is 0 Å². The highest BCUT2D eigenvalue weighted by Gasteiger charge is 2.57. The average Bonchev–Trinajstić information content (AvgIpc) is 3.46. The summed E-state index contributed by atoms with van der Waals surface area (Å²) in [6.07, 6.45) is 8.44. The van der Waals surface area contributed by atoms with Gasteiger partial charge in [0.25, 0.3) is 5.89 Å². The fourth-order valence-corrected chi connectivity index (χ4v) is 7.41. The highest BCUT2D eigenvalue weighted by Crippen LogP contribution is 2.60. The number of aryl methyl sites for hydroxylation is 1. The molecule has 1 aliphatic heterocycles. The molecular weight excluding hydrogens is 418 g/mol. The molecule has 4 aliphatic carbocycles. The minimum Gasteiger partial charge on any atom is -0.454 e. The number of esters is 1. The van der Waals surface area contributed by atoms with E-state index in [-0.39, 0.29) is 29.8 Å². The summed E-state index contributed by atoms with van der Waals surface area (Å²) in [6, 6.07) is 7.31. The fourth-order valence-electron chi connectivity index (χ4n) is 7.41. The third kappa shape index (κ3) is 3.65. The van der Waals surface area contributed by atoms with Crippen LogP contribution in [0.4, 0.5) is 0 Å². The SMILES string of the molecule is Cc1ccccc1-c1noc(COC(=O)[C@H]2CCCN2C(=O)C23CC4CC(CC(C4)C2)C3)n1. The van der Waals surface area contributed by atoms with Gasteiger partial charge in [-0.25, -0.2) is 4.79 Å². The molecule has 1 aromatic heterocycles. The Labute approximate surface area is 193 Å². The lowest BCUT2D eigenvalue weighted by atomic mass is 9.49. The number of benzene rings is 1. The normalized spacial score (nSPS) is 32.3. The summed E-state index contributed by atoms with van der Waals surface area (Å²) < 4.78 is 10.9. The van der Waals surface area contributed by atoms with Crippen molar-refractivity contribution in [2.24, 2.45) is 23.2 Å². The molecule has 33 heavy (non-hydrogen) atoms.